The number of nitrogens with zero attached hydrogens (tertiary/aromatic N) is 1. The third kappa shape index (κ3) is 13.3. The number of carbonyl (C=O) groups is 6. The minimum atomic E-state index is -1.84. The maximum atomic E-state index is 12.6. The molecule has 0 aromatic carbocycles. The Morgan fingerprint density at radius 3 is 1.80 bits per heavy atom. The van der Waals surface area contributed by atoms with Crippen LogP contribution in [0.15, 0.2) is 4.99 Å². The van der Waals surface area contributed by atoms with Crippen LogP contribution in [-0.2, 0) is 28.8 Å². The fraction of sp³-hybridized carbons (Fsp3) is 0.611. The molecule has 4 unspecified atom stereocenters. The second kappa shape index (κ2) is 15.8. The summed E-state index contributed by atoms with van der Waals surface area (Å²) in [6, 6.07) is -6.15. The lowest BCUT2D eigenvalue weighted by Crippen LogP contribution is -2.58. The summed E-state index contributed by atoms with van der Waals surface area (Å²) in [4.78, 5) is 73.7. The van der Waals surface area contributed by atoms with E-state index >= 15 is 0 Å². The van der Waals surface area contributed by atoms with Crippen molar-refractivity contribution in [1.82, 2.24) is 16.0 Å². The molecule has 0 rings (SSSR count). The van der Waals surface area contributed by atoms with Crippen molar-refractivity contribution in [2.24, 2.45) is 22.2 Å². The molecule has 0 aromatic rings. The SMILES string of the molecule is NC(N)=NCCCC(N)C(=O)NC(CCC(=O)O)C(=O)NC(CO)C(=O)NC(CC(=O)O)C(=O)O. The van der Waals surface area contributed by atoms with Crippen molar-refractivity contribution in [2.75, 3.05) is 13.2 Å². The monoisotopic (exact) mass is 505 g/mol. The van der Waals surface area contributed by atoms with E-state index < -0.39 is 85.7 Å². The molecule has 0 aliphatic carbocycles. The van der Waals surface area contributed by atoms with E-state index in [-0.39, 0.29) is 18.9 Å². The summed E-state index contributed by atoms with van der Waals surface area (Å²) in [5.41, 5.74) is 16.1. The summed E-state index contributed by atoms with van der Waals surface area (Å²) in [7, 11) is 0. The van der Waals surface area contributed by atoms with Crippen molar-refractivity contribution in [3.05, 3.63) is 0 Å². The van der Waals surface area contributed by atoms with Crippen molar-refractivity contribution < 1.29 is 49.2 Å². The number of hydrogen-bond donors (Lipinski definition) is 10. The largest absolute Gasteiger partial charge is 0.481 e. The highest BCUT2D eigenvalue weighted by Gasteiger charge is 2.31. The zero-order chi connectivity index (χ0) is 27.1. The number of carbonyl (C=O) groups excluding carboxylic acids is 3. The maximum Gasteiger partial charge on any atom is 0.326 e. The van der Waals surface area contributed by atoms with Crippen molar-refractivity contribution in [1.29, 1.82) is 0 Å². The highest BCUT2D eigenvalue weighted by molar-refractivity contribution is 5.94. The maximum absolute atomic E-state index is 12.6. The molecule has 198 valence electrons. The van der Waals surface area contributed by atoms with Crippen LogP contribution in [-0.4, -0.2) is 99.3 Å². The molecule has 0 heterocycles. The van der Waals surface area contributed by atoms with Gasteiger partial charge in [-0.05, 0) is 19.3 Å². The van der Waals surface area contributed by atoms with Gasteiger partial charge in [0.15, 0.2) is 5.96 Å². The van der Waals surface area contributed by atoms with Gasteiger partial charge in [0.2, 0.25) is 17.7 Å². The van der Waals surface area contributed by atoms with E-state index in [0.29, 0.717) is 6.42 Å². The Morgan fingerprint density at radius 2 is 1.31 bits per heavy atom. The first kappa shape index (κ1) is 31.0. The Kier molecular flexibility index (Phi) is 14.0. The van der Waals surface area contributed by atoms with Gasteiger partial charge in [-0.3, -0.25) is 29.0 Å². The molecule has 0 aliphatic rings. The van der Waals surface area contributed by atoms with Gasteiger partial charge in [0.25, 0.3) is 0 Å². The van der Waals surface area contributed by atoms with Crippen LogP contribution < -0.4 is 33.2 Å². The van der Waals surface area contributed by atoms with E-state index in [2.05, 4.69) is 15.6 Å². The van der Waals surface area contributed by atoms with Gasteiger partial charge in [0, 0.05) is 13.0 Å². The van der Waals surface area contributed by atoms with E-state index in [0.717, 1.165) is 0 Å². The Balaban J connectivity index is 5.25. The Morgan fingerprint density at radius 1 is 0.771 bits per heavy atom. The van der Waals surface area contributed by atoms with E-state index in [4.69, 9.17) is 32.5 Å². The fourth-order valence-corrected chi connectivity index (χ4v) is 2.58. The van der Waals surface area contributed by atoms with Gasteiger partial charge in [-0.1, -0.05) is 0 Å². The number of guanidine groups is 1. The highest BCUT2D eigenvalue weighted by atomic mass is 16.4. The van der Waals surface area contributed by atoms with Crippen LogP contribution in [0.2, 0.25) is 0 Å². The zero-order valence-electron chi connectivity index (χ0n) is 18.7. The number of amides is 3. The highest BCUT2D eigenvalue weighted by Crippen LogP contribution is 2.03. The first-order valence-corrected chi connectivity index (χ1v) is 10.3. The van der Waals surface area contributed by atoms with Crippen molar-refractivity contribution in [2.45, 2.75) is 56.3 Å². The van der Waals surface area contributed by atoms with E-state index in [9.17, 15) is 33.9 Å². The smallest absolute Gasteiger partial charge is 0.326 e. The average molecular weight is 505 g/mol. The third-order valence-electron chi connectivity index (χ3n) is 4.39. The molecule has 0 bridgehead atoms. The van der Waals surface area contributed by atoms with Gasteiger partial charge in [0.1, 0.15) is 18.1 Å². The lowest BCUT2D eigenvalue weighted by molar-refractivity contribution is -0.147. The molecule has 0 radical (unpaired) electrons. The number of hydrogen-bond acceptors (Lipinski definition) is 9. The molecule has 0 aliphatic heterocycles. The molecule has 0 fully saturated rings. The second-order valence-electron chi connectivity index (χ2n) is 7.29. The second-order valence-corrected chi connectivity index (χ2v) is 7.29. The molecular formula is C18H31N7O10. The number of carboxylic acid groups (broad SMARTS) is 3. The molecule has 0 saturated heterocycles. The summed E-state index contributed by atoms with van der Waals surface area (Å²) >= 11 is 0. The van der Waals surface area contributed by atoms with Crippen LogP contribution in [0, 0.1) is 0 Å². The number of nitrogens with two attached hydrogens (primary N) is 3. The first-order valence-electron chi connectivity index (χ1n) is 10.3. The van der Waals surface area contributed by atoms with Crippen molar-refractivity contribution >= 4 is 41.6 Å². The van der Waals surface area contributed by atoms with E-state index in [1.54, 1.807) is 0 Å². The Labute approximate surface area is 199 Å². The first-order chi connectivity index (χ1) is 16.3. The minimum Gasteiger partial charge on any atom is -0.481 e. The van der Waals surface area contributed by atoms with Gasteiger partial charge in [-0.15, -0.1) is 0 Å². The number of rotatable bonds is 17. The molecular weight excluding hydrogens is 474 g/mol. The normalized spacial score (nSPS) is 13.9. The van der Waals surface area contributed by atoms with Crippen LogP contribution in [0.3, 0.4) is 0 Å². The summed E-state index contributed by atoms with van der Waals surface area (Å²) < 4.78 is 0. The van der Waals surface area contributed by atoms with E-state index in [1.165, 1.54) is 0 Å². The van der Waals surface area contributed by atoms with Gasteiger partial charge in [-0.2, -0.15) is 0 Å². The molecule has 4 atom stereocenters. The molecule has 3 amide bonds. The average Bonchev–Trinajstić information content (AvgIpc) is 2.75. The standard InChI is InChI=1S/C18H31N7O10/c19-8(2-1-5-22-18(20)21)14(31)23-9(3-4-12(27)28)15(32)25-11(7-26)16(33)24-10(17(34)35)6-13(29)30/h8-11,26H,1-7,19H2,(H,23,31)(H,24,33)(H,25,32)(H,27,28)(H,29,30)(H,34,35)(H4,20,21,22). The van der Waals surface area contributed by atoms with Crippen molar-refractivity contribution in [3.63, 3.8) is 0 Å². The van der Waals surface area contributed by atoms with Gasteiger partial charge in [-0.25, -0.2) is 4.79 Å². The molecule has 0 spiro atoms. The van der Waals surface area contributed by atoms with Crippen molar-refractivity contribution in [3.8, 4) is 0 Å². The molecule has 17 nitrogen and oxygen atoms in total. The minimum absolute atomic E-state index is 0.123. The Hall–Kier alpha value is -3.99. The summed E-state index contributed by atoms with van der Waals surface area (Å²) in [5, 5.41) is 42.3. The summed E-state index contributed by atoms with van der Waals surface area (Å²) in [5.74, 6) is -7.70. The van der Waals surface area contributed by atoms with Gasteiger partial charge >= 0.3 is 17.9 Å². The van der Waals surface area contributed by atoms with Crippen LogP contribution in [0.25, 0.3) is 0 Å². The van der Waals surface area contributed by atoms with Crippen LogP contribution >= 0.6 is 0 Å². The predicted molar refractivity (Wildman–Crippen MR) is 118 cm³/mol. The predicted octanol–water partition coefficient (Wildman–Crippen LogP) is -4.76. The van der Waals surface area contributed by atoms with Crippen LogP contribution in [0.5, 0.6) is 0 Å². The molecule has 13 N–H and O–H groups in total. The lowest BCUT2D eigenvalue weighted by Gasteiger charge is -2.24. The number of aliphatic carboxylic acids is 3. The number of nitrogens with one attached hydrogen (secondary N) is 3. The zero-order valence-corrected chi connectivity index (χ0v) is 18.7. The van der Waals surface area contributed by atoms with Crippen LogP contribution in [0.1, 0.15) is 32.1 Å². The third-order valence-corrected chi connectivity index (χ3v) is 4.39. The number of aliphatic hydroxyl groups is 1. The number of carboxylic acids is 3. The van der Waals surface area contributed by atoms with Gasteiger partial charge in [0.05, 0.1) is 19.1 Å². The fourth-order valence-electron chi connectivity index (χ4n) is 2.58. The van der Waals surface area contributed by atoms with Gasteiger partial charge < -0.3 is 53.6 Å². The molecule has 17 heteroatoms. The molecule has 35 heavy (non-hydrogen) atoms. The topological polar surface area (TPSA) is 310 Å². The quantitative estimate of drug-likeness (QED) is 0.0504. The van der Waals surface area contributed by atoms with E-state index in [1.807, 2.05) is 5.32 Å². The lowest BCUT2D eigenvalue weighted by atomic mass is 10.1. The number of aliphatic imine (C=N–C) groups is 1. The number of aliphatic hydroxyl groups excluding tert-OH is 1. The molecule has 0 aromatic heterocycles. The molecule has 0 saturated carbocycles. The summed E-state index contributed by atoms with van der Waals surface area (Å²) in [6.45, 7) is -0.820. The summed E-state index contributed by atoms with van der Waals surface area (Å²) in [6.07, 6.45) is -1.46. The Bertz CT molecular complexity index is 815. The van der Waals surface area contributed by atoms with Crippen LogP contribution in [0.4, 0.5) is 0 Å².